The zero-order valence-corrected chi connectivity index (χ0v) is 17.6. The second kappa shape index (κ2) is 7.07. The number of hydrogen-bond donors (Lipinski definition) is 0. The molecule has 4 aromatic rings. The number of carbonyl (C=O) groups excluding carboxylic acids is 1. The quantitative estimate of drug-likeness (QED) is 0.411. The molecule has 1 aliphatic heterocycles. The first kappa shape index (κ1) is 18.5. The van der Waals surface area contributed by atoms with E-state index >= 15 is 0 Å². The molecule has 30 heavy (non-hydrogen) atoms. The summed E-state index contributed by atoms with van der Waals surface area (Å²) < 4.78 is 2.46. The molecule has 0 fully saturated rings. The van der Waals surface area contributed by atoms with Gasteiger partial charge in [-0.05, 0) is 48.5 Å². The van der Waals surface area contributed by atoms with E-state index in [-0.39, 0.29) is 11.5 Å². The van der Waals surface area contributed by atoms with Crippen molar-refractivity contribution >= 4 is 50.1 Å². The zero-order valence-electron chi connectivity index (χ0n) is 16.0. The fourth-order valence-corrected chi connectivity index (χ4v) is 4.02. The molecule has 1 aliphatic rings. The highest BCUT2D eigenvalue weighted by Gasteiger charge is 2.29. The van der Waals surface area contributed by atoms with Crippen LogP contribution in [0, 0.1) is 0 Å². The summed E-state index contributed by atoms with van der Waals surface area (Å²) in [6.07, 6.45) is 1.71. The Labute approximate surface area is 181 Å². The first-order valence-electron chi connectivity index (χ1n) is 9.41. The maximum Gasteiger partial charge on any atom is 0.266 e. The molecule has 6 heteroatoms. The van der Waals surface area contributed by atoms with Crippen molar-refractivity contribution in [2.24, 2.45) is 0 Å². The lowest BCUT2D eigenvalue weighted by molar-refractivity contribution is -0.112. The van der Waals surface area contributed by atoms with Gasteiger partial charge in [0.2, 0.25) is 0 Å². The van der Waals surface area contributed by atoms with Crippen molar-refractivity contribution in [2.75, 3.05) is 11.9 Å². The molecular weight excluding hydrogens is 442 g/mol. The number of amides is 1. The van der Waals surface area contributed by atoms with Crippen LogP contribution in [0.15, 0.2) is 82.1 Å². The summed E-state index contributed by atoms with van der Waals surface area (Å²) in [6.45, 7) is 0. The van der Waals surface area contributed by atoms with Crippen LogP contribution in [0.2, 0.25) is 0 Å². The van der Waals surface area contributed by atoms with E-state index < -0.39 is 0 Å². The van der Waals surface area contributed by atoms with Gasteiger partial charge in [0.05, 0.1) is 27.9 Å². The number of hydrogen-bond acceptors (Lipinski definition) is 3. The fraction of sp³-hybridized carbons (Fsp3) is 0.0417. The lowest BCUT2D eigenvalue weighted by Gasteiger charge is -2.12. The van der Waals surface area contributed by atoms with Gasteiger partial charge in [-0.25, -0.2) is 4.98 Å². The zero-order chi connectivity index (χ0) is 20.8. The third-order valence-electron chi connectivity index (χ3n) is 5.25. The average Bonchev–Trinajstić information content (AvgIpc) is 3.00. The molecule has 0 saturated carbocycles. The molecule has 0 radical (unpaired) electrons. The van der Waals surface area contributed by atoms with Gasteiger partial charge in [0, 0.05) is 17.1 Å². The molecule has 0 aliphatic carbocycles. The standard InChI is InChI=1S/C24H16BrN3O2/c1-27-21-9-5-3-6-17(21)19(23(27)29)14-22-26-20-8-4-2-7-18(20)24(30)28(22)16-12-10-15(25)11-13-16/h2-14H,1H3. The van der Waals surface area contributed by atoms with Crippen molar-refractivity contribution in [1.82, 2.24) is 9.55 Å². The van der Waals surface area contributed by atoms with Crippen molar-refractivity contribution in [3.05, 3.63) is 99.0 Å². The highest BCUT2D eigenvalue weighted by molar-refractivity contribution is 9.10. The number of nitrogens with zero attached hydrogens (tertiary/aromatic N) is 3. The predicted octanol–water partition coefficient (Wildman–Crippen LogP) is 4.67. The second-order valence-electron chi connectivity index (χ2n) is 7.04. The Morgan fingerprint density at radius 2 is 1.60 bits per heavy atom. The molecule has 0 bridgehead atoms. The lowest BCUT2D eigenvalue weighted by atomic mass is 10.1. The molecule has 0 N–H and O–H groups in total. The van der Waals surface area contributed by atoms with Crippen LogP contribution < -0.4 is 10.5 Å². The summed E-state index contributed by atoms with van der Waals surface area (Å²) in [4.78, 5) is 32.7. The number of benzene rings is 3. The van der Waals surface area contributed by atoms with Crippen LogP contribution in [0.1, 0.15) is 11.4 Å². The van der Waals surface area contributed by atoms with Crippen LogP contribution in [-0.4, -0.2) is 22.5 Å². The van der Waals surface area contributed by atoms with Crippen molar-refractivity contribution in [3.63, 3.8) is 0 Å². The Hall–Kier alpha value is -3.51. The number of aromatic nitrogens is 2. The molecule has 1 aromatic heterocycles. The van der Waals surface area contributed by atoms with Crippen LogP contribution in [0.5, 0.6) is 0 Å². The predicted molar refractivity (Wildman–Crippen MR) is 123 cm³/mol. The molecule has 1 amide bonds. The van der Waals surface area contributed by atoms with Gasteiger partial charge in [-0.1, -0.05) is 46.3 Å². The first-order valence-corrected chi connectivity index (χ1v) is 10.2. The average molecular weight is 458 g/mol. The number of anilines is 1. The first-order chi connectivity index (χ1) is 14.5. The SMILES string of the molecule is CN1C(=O)C(=Cc2nc3ccccc3c(=O)n2-c2ccc(Br)cc2)c2ccccc21. The van der Waals surface area contributed by atoms with E-state index in [2.05, 4.69) is 15.9 Å². The Morgan fingerprint density at radius 3 is 2.40 bits per heavy atom. The third-order valence-corrected chi connectivity index (χ3v) is 5.78. The van der Waals surface area contributed by atoms with E-state index in [0.29, 0.717) is 28.0 Å². The number of rotatable bonds is 2. The number of para-hydroxylation sites is 2. The molecule has 2 heterocycles. The Kier molecular flexibility index (Phi) is 4.37. The van der Waals surface area contributed by atoms with Gasteiger partial charge in [-0.2, -0.15) is 0 Å². The maximum atomic E-state index is 13.4. The van der Waals surface area contributed by atoms with Crippen LogP contribution in [0.3, 0.4) is 0 Å². The maximum absolute atomic E-state index is 13.4. The molecule has 0 unspecified atom stereocenters. The monoisotopic (exact) mass is 457 g/mol. The van der Waals surface area contributed by atoms with Crippen molar-refractivity contribution in [2.45, 2.75) is 0 Å². The largest absolute Gasteiger partial charge is 0.311 e. The van der Waals surface area contributed by atoms with Crippen LogP contribution in [0.4, 0.5) is 5.69 Å². The molecule has 0 spiro atoms. The molecule has 0 atom stereocenters. The number of halogens is 1. The molecule has 146 valence electrons. The number of fused-ring (bicyclic) bond motifs is 2. The van der Waals surface area contributed by atoms with Crippen LogP contribution in [-0.2, 0) is 4.79 Å². The third kappa shape index (κ3) is 2.88. The lowest BCUT2D eigenvalue weighted by Crippen LogP contribution is -2.23. The molecular formula is C24H16BrN3O2. The molecule has 5 rings (SSSR count). The Morgan fingerprint density at radius 1 is 0.900 bits per heavy atom. The summed E-state index contributed by atoms with van der Waals surface area (Å²) in [5.41, 5.74) is 3.28. The summed E-state index contributed by atoms with van der Waals surface area (Å²) in [5.74, 6) is 0.287. The van der Waals surface area contributed by atoms with E-state index in [0.717, 1.165) is 15.7 Å². The molecule has 5 nitrogen and oxygen atoms in total. The normalized spacial score (nSPS) is 14.5. The van der Waals surface area contributed by atoms with Crippen molar-refractivity contribution in [1.29, 1.82) is 0 Å². The molecule has 3 aromatic carbocycles. The summed E-state index contributed by atoms with van der Waals surface area (Å²) >= 11 is 3.43. The number of carbonyl (C=O) groups is 1. The topological polar surface area (TPSA) is 55.2 Å². The van der Waals surface area contributed by atoms with E-state index in [1.165, 1.54) is 0 Å². The summed E-state index contributed by atoms with van der Waals surface area (Å²) in [5, 5.41) is 0.526. The number of likely N-dealkylation sites (N-methyl/N-ethyl adjacent to an activating group) is 1. The highest BCUT2D eigenvalue weighted by atomic mass is 79.9. The van der Waals surface area contributed by atoms with Gasteiger partial charge >= 0.3 is 0 Å². The van der Waals surface area contributed by atoms with Crippen LogP contribution >= 0.6 is 15.9 Å². The minimum Gasteiger partial charge on any atom is -0.311 e. The van der Waals surface area contributed by atoms with E-state index in [1.807, 2.05) is 60.7 Å². The minimum absolute atomic E-state index is 0.124. The van der Waals surface area contributed by atoms with Crippen LogP contribution in [0.25, 0.3) is 28.2 Å². The van der Waals surface area contributed by atoms with Gasteiger partial charge in [-0.15, -0.1) is 0 Å². The van der Waals surface area contributed by atoms with Crippen molar-refractivity contribution < 1.29 is 4.79 Å². The Bertz CT molecular complexity index is 1400. The molecule has 0 saturated heterocycles. The van der Waals surface area contributed by atoms with E-state index in [1.54, 1.807) is 34.7 Å². The van der Waals surface area contributed by atoms with E-state index in [9.17, 15) is 9.59 Å². The summed E-state index contributed by atoms with van der Waals surface area (Å²) in [6, 6.07) is 22.3. The van der Waals surface area contributed by atoms with Gasteiger partial charge in [-0.3, -0.25) is 14.2 Å². The summed E-state index contributed by atoms with van der Waals surface area (Å²) in [7, 11) is 1.75. The van der Waals surface area contributed by atoms with Gasteiger partial charge in [0.1, 0.15) is 5.82 Å². The second-order valence-corrected chi connectivity index (χ2v) is 7.96. The van der Waals surface area contributed by atoms with Gasteiger partial charge in [0.15, 0.2) is 0 Å². The van der Waals surface area contributed by atoms with Gasteiger partial charge in [0.25, 0.3) is 11.5 Å². The fourth-order valence-electron chi connectivity index (χ4n) is 3.75. The van der Waals surface area contributed by atoms with E-state index in [4.69, 9.17) is 4.98 Å². The Balaban J connectivity index is 1.82. The van der Waals surface area contributed by atoms with Crippen molar-refractivity contribution in [3.8, 4) is 5.69 Å². The smallest absolute Gasteiger partial charge is 0.266 e. The highest BCUT2D eigenvalue weighted by Crippen LogP contribution is 2.36. The minimum atomic E-state index is -0.179. The van der Waals surface area contributed by atoms with Gasteiger partial charge < -0.3 is 4.90 Å².